The van der Waals surface area contributed by atoms with Gasteiger partial charge in [0.2, 0.25) is 0 Å². The number of aromatic amines is 1. The van der Waals surface area contributed by atoms with Crippen LogP contribution in [-0.4, -0.2) is 19.7 Å². The molecule has 0 unspecified atom stereocenters. The number of hydrogen-bond donors (Lipinski definition) is 1. The Morgan fingerprint density at radius 1 is 1.14 bits per heavy atom. The number of H-pyrrole nitrogens is 1. The number of nitrogens with zero attached hydrogens (tertiary/aromatic N) is 3. The van der Waals surface area contributed by atoms with Gasteiger partial charge in [0.15, 0.2) is 5.82 Å². The summed E-state index contributed by atoms with van der Waals surface area (Å²) < 4.78 is 13.4. The molecule has 5 aromatic rings. The van der Waals surface area contributed by atoms with Crippen LogP contribution in [0.1, 0.15) is 59.6 Å². The highest BCUT2D eigenvalue weighted by molar-refractivity contribution is 6.35. The zero-order valence-corrected chi connectivity index (χ0v) is 21.1. The van der Waals surface area contributed by atoms with E-state index in [0.29, 0.717) is 23.4 Å². The predicted molar refractivity (Wildman–Crippen MR) is 142 cm³/mol. The first-order chi connectivity index (χ1) is 18.0. The lowest BCUT2D eigenvalue weighted by Crippen LogP contribution is -2.04. The maximum absolute atomic E-state index is 11.8. The fraction of sp³-hybridized carbons (Fsp3) is 0.207. The molecule has 0 bridgehead atoms. The smallest absolute Gasteiger partial charge is 0.439 e. The number of nitrogens with one attached hydrogen (secondary N) is 1. The number of halogens is 1. The van der Waals surface area contributed by atoms with Gasteiger partial charge in [0.25, 0.3) is 0 Å². The van der Waals surface area contributed by atoms with Gasteiger partial charge in [0.05, 0.1) is 10.5 Å². The highest BCUT2D eigenvalue weighted by Gasteiger charge is 2.31. The van der Waals surface area contributed by atoms with E-state index in [9.17, 15) is 4.79 Å². The third kappa shape index (κ3) is 3.53. The molecular weight excluding hydrogens is 488 g/mol. The monoisotopic (exact) mass is 510 g/mol. The van der Waals surface area contributed by atoms with Crippen molar-refractivity contribution in [1.29, 1.82) is 0 Å². The van der Waals surface area contributed by atoms with Gasteiger partial charge in [-0.2, -0.15) is 0 Å². The van der Waals surface area contributed by atoms with E-state index in [-0.39, 0.29) is 0 Å². The van der Waals surface area contributed by atoms with Crippen molar-refractivity contribution in [3.8, 4) is 11.4 Å². The van der Waals surface area contributed by atoms with Gasteiger partial charge < -0.3 is 4.74 Å². The Morgan fingerprint density at radius 2 is 1.97 bits per heavy atom. The lowest BCUT2D eigenvalue weighted by atomic mass is 9.88. The van der Waals surface area contributed by atoms with Crippen LogP contribution < -0.4 is 10.5 Å². The Morgan fingerprint density at radius 3 is 2.76 bits per heavy atom. The number of imidazole rings is 1. The highest BCUT2D eigenvalue weighted by atomic mass is 35.5. The number of benzene rings is 3. The van der Waals surface area contributed by atoms with E-state index in [0.717, 1.165) is 74.5 Å². The minimum absolute atomic E-state index is 0.400. The van der Waals surface area contributed by atoms with Crippen molar-refractivity contribution in [2.75, 3.05) is 0 Å². The van der Waals surface area contributed by atoms with Crippen molar-refractivity contribution in [3.05, 3.63) is 104 Å². The normalized spacial score (nSPS) is 16.2. The molecule has 2 aliphatic rings. The number of hydrogen-bond acceptors (Lipinski definition) is 5. The molecular formula is C29H23ClN4O3. The molecule has 184 valence electrons. The van der Waals surface area contributed by atoms with E-state index < -0.39 is 5.76 Å². The molecule has 7 rings (SSSR count). The molecule has 1 fully saturated rings. The number of allylic oxidation sites excluding steroid dienone is 1. The van der Waals surface area contributed by atoms with Gasteiger partial charge in [0.1, 0.15) is 23.7 Å². The fourth-order valence-electron chi connectivity index (χ4n) is 5.32. The summed E-state index contributed by atoms with van der Waals surface area (Å²) >= 11 is 6.53. The van der Waals surface area contributed by atoms with Crippen molar-refractivity contribution in [3.63, 3.8) is 0 Å². The van der Waals surface area contributed by atoms with Crippen LogP contribution in [0.25, 0.3) is 27.9 Å². The Hall–Kier alpha value is -4.10. The minimum Gasteiger partial charge on any atom is -0.488 e. The van der Waals surface area contributed by atoms with Gasteiger partial charge in [-0.15, -0.1) is 0 Å². The topological polar surface area (TPSA) is 85.9 Å². The van der Waals surface area contributed by atoms with Crippen LogP contribution in [0.15, 0.2) is 63.9 Å². The molecule has 3 aromatic carbocycles. The maximum Gasteiger partial charge on any atom is 0.439 e. The van der Waals surface area contributed by atoms with Crippen LogP contribution in [0.5, 0.6) is 5.75 Å². The zero-order valence-electron chi connectivity index (χ0n) is 20.3. The van der Waals surface area contributed by atoms with E-state index in [1.165, 1.54) is 0 Å². The lowest BCUT2D eigenvalue weighted by Gasteiger charge is -2.17. The number of fused-ring (bicyclic) bond motifs is 3. The summed E-state index contributed by atoms with van der Waals surface area (Å²) in [5, 5.41) is 4.63. The van der Waals surface area contributed by atoms with Gasteiger partial charge >= 0.3 is 5.76 Å². The first-order valence-corrected chi connectivity index (χ1v) is 12.7. The van der Waals surface area contributed by atoms with Crippen molar-refractivity contribution in [2.45, 2.75) is 39.2 Å². The third-order valence-electron chi connectivity index (χ3n) is 7.26. The Balaban J connectivity index is 1.48. The van der Waals surface area contributed by atoms with Crippen molar-refractivity contribution >= 4 is 33.8 Å². The van der Waals surface area contributed by atoms with Gasteiger partial charge in [-0.05, 0) is 79.3 Å². The molecule has 1 saturated carbocycles. The predicted octanol–water partition coefficient (Wildman–Crippen LogP) is 6.41. The third-order valence-corrected chi connectivity index (χ3v) is 7.56. The summed E-state index contributed by atoms with van der Waals surface area (Å²) in [6.45, 7) is 4.40. The summed E-state index contributed by atoms with van der Waals surface area (Å²) in [5.41, 5.74) is 8.70. The number of rotatable bonds is 3. The largest absolute Gasteiger partial charge is 0.488 e. The summed E-state index contributed by atoms with van der Waals surface area (Å²) in [6.07, 6.45) is 2.26. The summed E-state index contributed by atoms with van der Waals surface area (Å²) in [6, 6.07) is 18.4. The lowest BCUT2D eigenvalue weighted by molar-refractivity contribution is 0.307. The molecule has 0 atom stereocenters. The average molecular weight is 511 g/mol. The summed E-state index contributed by atoms with van der Waals surface area (Å²) in [5.74, 6) is 2.09. The minimum atomic E-state index is -0.585. The fourth-order valence-corrected chi connectivity index (χ4v) is 5.54. The van der Waals surface area contributed by atoms with Crippen molar-refractivity contribution in [1.82, 2.24) is 19.7 Å². The first kappa shape index (κ1) is 22.1. The molecule has 0 spiro atoms. The zero-order chi connectivity index (χ0) is 25.3. The molecule has 2 aromatic heterocycles. The SMILES string of the molecule is C/C(=C1/c2ccc(-n3c(C4CC4)nc4c(Cl)cccc43)cc2COc2cccc(C)c21)c1noc(=O)[nH]1. The molecule has 8 heteroatoms. The number of para-hydroxylation sites is 1. The number of ether oxygens (including phenoxy) is 1. The van der Waals surface area contributed by atoms with Crippen LogP contribution in [0.2, 0.25) is 5.02 Å². The van der Waals surface area contributed by atoms with Crippen LogP contribution in [-0.2, 0) is 6.61 Å². The van der Waals surface area contributed by atoms with Crippen molar-refractivity contribution < 1.29 is 9.26 Å². The van der Waals surface area contributed by atoms with Crippen molar-refractivity contribution in [2.24, 2.45) is 0 Å². The van der Waals surface area contributed by atoms with Gasteiger partial charge in [-0.3, -0.25) is 14.1 Å². The summed E-state index contributed by atoms with van der Waals surface area (Å²) in [7, 11) is 0. The van der Waals surface area contributed by atoms with Crippen LogP contribution in [0, 0.1) is 6.92 Å². The molecule has 0 saturated heterocycles. The van der Waals surface area contributed by atoms with Gasteiger partial charge in [-0.25, -0.2) is 9.78 Å². The van der Waals surface area contributed by atoms with E-state index >= 15 is 0 Å². The standard InChI is InChI=1S/C29H23ClN4O3/c1-15-5-3-8-23-24(15)25(16(2)27-32-29(35)37-33-27)20-12-11-19(13-18(20)14-36-23)34-22-7-4-6-21(30)26(22)31-28(34)17-9-10-17/h3-8,11-13,17H,9-10,14H2,1-2H3,(H,32,33,35)/b25-16+. The Labute approximate surface area is 217 Å². The van der Waals surface area contributed by atoms with Gasteiger partial charge in [0, 0.05) is 22.7 Å². The highest BCUT2D eigenvalue weighted by Crippen LogP contribution is 2.45. The molecule has 1 aliphatic heterocycles. The Bertz CT molecular complexity index is 1810. The Kier molecular flexibility index (Phi) is 4.91. The number of aryl methyl sites for hydroxylation is 1. The second-order valence-corrected chi connectivity index (χ2v) is 10.1. The van der Waals surface area contributed by atoms with E-state index in [1.807, 2.05) is 31.2 Å². The number of aromatic nitrogens is 4. The van der Waals surface area contributed by atoms with E-state index in [1.54, 1.807) is 0 Å². The first-order valence-electron chi connectivity index (χ1n) is 12.3. The molecule has 1 N–H and O–H groups in total. The quantitative estimate of drug-likeness (QED) is 0.303. The van der Waals surface area contributed by atoms with Gasteiger partial charge in [-0.1, -0.05) is 41.0 Å². The maximum atomic E-state index is 11.8. The van der Waals surface area contributed by atoms with Crippen LogP contribution >= 0.6 is 11.6 Å². The molecule has 1 aliphatic carbocycles. The second kappa shape index (κ2) is 8.21. The molecule has 7 nitrogen and oxygen atoms in total. The van der Waals surface area contributed by atoms with Crippen LogP contribution in [0.4, 0.5) is 0 Å². The van der Waals surface area contributed by atoms with E-state index in [4.69, 9.17) is 25.8 Å². The average Bonchev–Trinajstić information content (AvgIpc) is 3.57. The molecule has 0 radical (unpaired) electrons. The van der Waals surface area contributed by atoms with E-state index in [2.05, 4.69) is 52.0 Å². The second-order valence-electron chi connectivity index (χ2n) is 9.71. The molecule has 3 heterocycles. The summed E-state index contributed by atoms with van der Waals surface area (Å²) in [4.78, 5) is 19.4. The van der Waals surface area contributed by atoms with Crippen LogP contribution in [0.3, 0.4) is 0 Å². The molecule has 0 amide bonds. The molecule has 37 heavy (non-hydrogen) atoms.